The summed E-state index contributed by atoms with van der Waals surface area (Å²) in [6, 6.07) is 6.82. The SMILES string of the molecule is CNC(=O)COc1cc2cc(Nc3nc(N4C[C@@H](CN)C(F)(F)[C@@H](C)C4)ncc3Cl)ccc2n(C)c1=O. The van der Waals surface area contributed by atoms with Crippen molar-refractivity contribution >= 4 is 45.9 Å². The lowest BCUT2D eigenvalue weighted by Gasteiger charge is -2.42. The lowest BCUT2D eigenvalue weighted by molar-refractivity contribution is -0.122. The molecule has 4 rings (SSSR count). The van der Waals surface area contributed by atoms with Crippen LogP contribution in [0.5, 0.6) is 5.75 Å². The van der Waals surface area contributed by atoms with Gasteiger partial charge < -0.3 is 30.6 Å². The van der Waals surface area contributed by atoms with Crippen LogP contribution in [0, 0.1) is 11.8 Å². The van der Waals surface area contributed by atoms with Crippen LogP contribution in [-0.4, -0.2) is 59.7 Å². The standard InChI is InChI=1S/C24H28ClF2N7O3/c1-13-10-34(11-15(8-28)24(13,26)27)23-30-9-17(25)21(32-23)31-16-4-5-18-14(6-16)7-19(22(36)33(18)3)37-12-20(35)29-2/h4-7,9,13,15H,8,10-12,28H2,1-3H3,(H,29,35)(H,30,31,32)/t13-,15+/m0/s1. The molecule has 13 heteroatoms. The number of hydrogen-bond acceptors (Lipinski definition) is 8. The second-order valence-electron chi connectivity index (χ2n) is 9.01. The zero-order chi connectivity index (χ0) is 26.9. The molecule has 3 aromatic rings. The summed E-state index contributed by atoms with van der Waals surface area (Å²) in [4.78, 5) is 34.6. The summed E-state index contributed by atoms with van der Waals surface area (Å²) in [5.41, 5.74) is 6.50. The number of ether oxygens (including phenoxy) is 1. The summed E-state index contributed by atoms with van der Waals surface area (Å²) in [5, 5.41) is 6.48. The topological polar surface area (TPSA) is 127 Å². The minimum absolute atomic E-state index is 0.0255. The number of hydrogen-bond donors (Lipinski definition) is 3. The number of rotatable bonds is 7. The molecular weight excluding hydrogens is 508 g/mol. The average molecular weight is 536 g/mol. The van der Waals surface area contributed by atoms with Gasteiger partial charge in [-0.15, -0.1) is 0 Å². The number of pyridine rings is 1. The quantitative estimate of drug-likeness (QED) is 0.421. The van der Waals surface area contributed by atoms with E-state index >= 15 is 0 Å². The van der Waals surface area contributed by atoms with Gasteiger partial charge in [-0.05, 0) is 24.3 Å². The van der Waals surface area contributed by atoms with Crippen molar-refractivity contribution in [1.82, 2.24) is 19.9 Å². The summed E-state index contributed by atoms with van der Waals surface area (Å²) in [6.07, 6.45) is 1.41. The van der Waals surface area contributed by atoms with Gasteiger partial charge in [0.05, 0.1) is 17.6 Å². The molecule has 1 aromatic carbocycles. The summed E-state index contributed by atoms with van der Waals surface area (Å²) < 4.78 is 35.8. The number of benzene rings is 1. The second kappa shape index (κ2) is 10.5. The van der Waals surface area contributed by atoms with E-state index in [9.17, 15) is 18.4 Å². The number of aryl methyl sites for hydroxylation is 1. The van der Waals surface area contributed by atoms with Gasteiger partial charge in [0.2, 0.25) is 5.95 Å². The van der Waals surface area contributed by atoms with Gasteiger partial charge in [0.25, 0.3) is 17.4 Å². The highest BCUT2D eigenvalue weighted by atomic mass is 35.5. The van der Waals surface area contributed by atoms with Crippen LogP contribution < -0.4 is 31.6 Å². The molecule has 2 aromatic heterocycles. The number of carbonyl (C=O) groups is 1. The molecule has 4 N–H and O–H groups in total. The van der Waals surface area contributed by atoms with Crippen LogP contribution in [0.25, 0.3) is 10.9 Å². The Morgan fingerprint density at radius 1 is 1.32 bits per heavy atom. The number of carbonyl (C=O) groups excluding carboxylic acids is 1. The Morgan fingerprint density at radius 3 is 2.78 bits per heavy atom. The van der Waals surface area contributed by atoms with Crippen LogP contribution in [0.4, 0.5) is 26.2 Å². The maximum absolute atomic E-state index is 14.5. The van der Waals surface area contributed by atoms with Crippen LogP contribution in [0.3, 0.4) is 0 Å². The normalized spacial score (nSPS) is 19.1. The molecule has 0 unspecified atom stereocenters. The molecule has 1 fully saturated rings. The Morgan fingerprint density at radius 2 is 2.08 bits per heavy atom. The molecule has 0 saturated carbocycles. The third-order valence-electron chi connectivity index (χ3n) is 6.53. The highest BCUT2D eigenvalue weighted by molar-refractivity contribution is 6.32. The molecule has 1 amide bonds. The third kappa shape index (κ3) is 5.30. The number of nitrogens with two attached hydrogens (primary N) is 1. The second-order valence-corrected chi connectivity index (χ2v) is 9.42. The van der Waals surface area contributed by atoms with E-state index in [1.807, 2.05) is 0 Å². The Balaban J connectivity index is 1.62. The lowest BCUT2D eigenvalue weighted by atomic mass is 9.86. The number of likely N-dealkylation sites (N-methyl/N-ethyl adjacent to an activating group) is 1. The van der Waals surface area contributed by atoms with Crippen LogP contribution >= 0.6 is 11.6 Å². The van der Waals surface area contributed by atoms with Gasteiger partial charge in [-0.25, -0.2) is 13.8 Å². The first-order chi connectivity index (χ1) is 17.5. The molecule has 1 aliphatic heterocycles. The Bertz CT molecular complexity index is 1380. The molecule has 0 spiro atoms. The Kier molecular flexibility index (Phi) is 7.51. The molecule has 0 bridgehead atoms. The molecule has 0 aliphatic carbocycles. The van der Waals surface area contributed by atoms with Gasteiger partial charge in [-0.1, -0.05) is 18.5 Å². The van der Waals surface area contributed by atoms with Gasteiger partial charge in [0, 0.05) is 50.7 Å². The largest absolute Gasteiger partial charge is 0.478 e. The number of piperidine rings is 1. The Hall–Kier alpha value is -3.51. The smallest absolute Gasteiger partial charge is 0.293 e. The third-order valence-corrected chi connectivity index (χ3v) is 6.80. The van der Waals surface area contributed by atoms with Crippen molar-refractivity contribution < 1.29 is 18.3 Å². The number of fused-ring (bicyclic) bond motifs is 1. The van der Waals surface area contributed by atoms with Crippen molar-refractivity contribution in [2.24, 2.45) is 24.6 Å². The zero-order valence-electron chi connectivity index (χ0n) is 20.6. The molecule has 10 nitrogen and oxygen atoms in total. The first-order valence-corrected chi connectivity index (χ1v) is 12.0. The summed E-state index contributed by atoms with van der Waals surface area (Å²) >= 11 is 6.34. The number of halogens is 3. The summed E-state index contributed by atoms with van der Waals surface area (Å²) in [7, 11) is 3.08. The summed E-state index contributed by atoms with van der Waals surface area (Å²) in [6.45, 7) is 1.14. The van der Waals surface area contributed by atoms with Crippen molar-refractivity contribution in [2.75, 3.05) is 43.5 Å². The van der Waals surface area contributed by atoms with Gasteiger partial charge >= 0.3 is 0 Å². The molecule has 1 saturated heterocycles. The lowest BCUT2D eigenvalue weighted by Crippen LogP contribution is -2.55. The van der Waals surface area contributed by atoms with Crippen LogP contribution in [-0.2, 0) is 11.8 Å². The van der Waals surface area contributed by atoms with Gasteiger partial charge in [-0.3, -0.25) is 9.59 Å². The fourth-order valence-electron chi connectivity index (χ4n) is 4.30. The number of alkyl halides is 2. The Labute approximate surface area is 216 Å². The van der Waals surface area contributed by atoms with Crippen molar-refractivity contribution in [3.05, 3.63) is 45.8 Å². The fourth-order valence-corrected chi connectivity index (χ4v) is 4.43. The summed E-state index contributed by atoms with van der Waals surface area (Å²) in [5.74, 6) is -4.58. The van der Waals surface area contributed by atoms with Crippen molar-refractivity contribution in [1.29, 1.82) is 0 Å². The molecule has 2 atom stereocenters. The van der Waals surface area contributed by atoms with E-state index in [2.05, 4.69) is 20.6 Å². The predicted octanol–water partition coefficient (Wildman–Crippen LogP) is 2.52. The average Bonchev–Trinajstić information content (AvgIpc) is 2.87. The monoisotopic (exact) mass is 535 g/mol. The number of aromatic nitrogens is 3. The van der Waals surface area contributed by atoms with E-state index in [1.54, 1.807) is 36.2 Å². The van der Waals surface area contributed by atoms with E-state index in [-0.39, 0.29) is 54.4 Å². The van der Waals surface area contributed by atoms with Crippen LogP contribution in [0.1, 0.15) is 6.92 Å². The van der Waals surface area contributed by atoms with Gasteiger partial charge in [0.15, 0.2) is 18.2 Å². The number of nitrogens with zero attached hydrogens (tertiary/aromatic N) is 4. The van der Waals surface area contributed by atoms with E-state index in [0.717, 1.165) is 0 Å². The minimum atomic E-state index is -2.87. The van der Waals surface area contributed by atoms with Crippen LogP contribution in [0.2, 0.25) is 5.02 Å². The van der Waals surface area contributed by atoms with E-state index < -0.39 is 17.8 Å². The van der Waals surface area contributed by atoms with Crippen LogP contribution in [0.15, 0.2) is 35.3 Å². The van der Waals surface area contributed by atoms with Crippen molar-refractivity contribution in [3.63, 3.8) is 0 Å². The highest BCUT2D eigenvalue weighted by Gasteiger charge is 2.49. The van der Waals surface area contributed by atoms with E-state index in [4.69, 9.17) is 22.1 Å². The first kappa shape index (κ1) is 26.6. The van der Waals surface area contributed by atoms with Crippen molar-refractivity contribution in [3.8, 4) is 5.75 Å². The number of nitrogens with one attached hydrogen (secondary N) is 2. The van der Waals surface area contributed by atoms with Crippen molar-refractivity contribution in [2.45, 2.75) is 12.8 Å². The molecule has 198 valence electrons. The van der Waals surface area contributed by atoms with E-state index in [1.165, 1.54) is 24.7 Å². The molecule has 37 heavy (non-hydrogen) atoms. The maximum atomic E-state index is 14.5. The van der Waals surface area contributed by atoms with Gasteiger partial charge in [0.1, 0.15) is 5.02 Å². The predicted molar refractivity (Wildman–Crippen MR) is 138 cm³/mol. The van der Waals surface area contributed by atoms with Gasteiger partial charge in [-0.2, -0.15) is 4.98 Å². The zero-order valence-corrected chi connectivity index (χ0v) is 21.4. The highest BCUT2D eigenvalue weighted by Crippen LogP contribution is 2.38. The number of anilines is 3. The number of amides is 1. The minimum Gasteiger partial charge on any atom is -0.478 e. The molecule has 3 heterocycles. The first-order valence-electron chi connectivity index (χ1n) is 11.6. The van der Waals surface area contributed by atoms with E-state index in [0.29, 0.717) is 22.4 Å². The molecule has 1 aliphatic rings. The molecular formula is C24H28ClF2N7O3. The maximum Gasteiger partial charge on any atom is 0.293 e. The fraction of sp³-hybridized carbons (Fsp3) is 0.417. The molecule has 0 radical (unpaired) electrons.